The van der Waals surface area contributed by atoms with E-state index in [0.717, 1.165) is 11.3 Å². The van der Waals surface area contributed by atoms with Crippen molar-refractivity contribution in [3.05, 3.63) is 45.9 Å². The molecule has 1 aromatic carbocycles. The second-order valence-corrected chi connectivity index (χ2v) is 6.54. The maximum Gasteiger partial charge on any atom is 0.263 e. The molecule has 2 aromatic rings. The van der Waals surface area contributed by atoms with Crippen molar-refractivity contribution in [2.45, 2.75) is 18.4 Å². The normalized spacial score (nSPS) is 11.5. The fourth-order valence-electron chi connectivity index (χ4n) is 1.60. The van der Waals surface area contributed by atoms with E-state index in [0.29, 0.717) is 4.88 Å². The van der Waals surface area contributed by atoms with Crippen molar-refractivity contribution in [3.8, 4) is 0 Å². The fourth-order valence-corrected chi connectivity index (χ4v) is 4.02. The lowest BCUT2D eigenvalue weighted by Crippen LogP contribution is -2.14. The highest BCUT2D eigenvalue weighted by molar-refractivity contribution is 7.93. The summed E-state index contributed by atoms with van der Waals surface area (Å²) in [6.07, 6.45) is 0. The van der Waals surface area contributed by atoms with Crippen molar-refractivity contribution < 1.29 is 17.9 Å². The molecule has 0 atom stereocenters. The predicted molar refractivity (Wildman–Crippen MR) is 72.2 cm³/mol. The molecule has 0 aliphatic carbocycles. The van der Waals surface area contributed by atoms with Crippen LogP contribution in [0.3, 0.4) is 0 Å². The van der Waals surface area contributed by atoms with E-state index in [2.05, 4.69) is 4.72 Å². The number of anilines is 1. The van der Waals surface area contributed by atoms with E-state index in [4.69, 9.17) is 5.11 Å². The average molecular weight is 301 g/mol. The summed E-state index contributed by atoms with van der Waals surface area (Å²) in [7, 11) is -3.82. The highest BCUT2D eigenvalue weighted by atomic mass is 32.2. The smallest absolute Gasteiger partial charge is 0.263 e. The number of hydrogen-bond donors (Lipinski definition) is 2. The van der Waals surface area contributed by atoms with Crippen molar-refractivity contribution in [2.24, 2.45) is 0 Å². The Bertz CT molecular complexity index is 695. The van der Waals surface area contributed by atoms with Crippen LogP contribution < -0.4 is 4.72 Å². The molecule has 2 rings (SSSR count). The Morgan fingerprint density at radius 1 is 1.37 bits per heavy atom. The Morgan fingerprint density at radius 3 is 2.79 bits per heavy atom. The van der Waals surface area contributed by atoms with Gasteiger partial charge in [-0.1, -0.05) is 6.07 Å². The van der Waals surface area contributed by atoms with Gasteiger partial charge in [-0.05, 0) is 30.5 Å². The summed E-state index contributed by atoms with van der Waals surface area (Å²) >= 11 is 1.15. The van der Waals surface area contributed by atoms with Crippen molar-refractivity contribution in [2.75, 3.05) is 4.72 Å². The number of hydrogen-bond acceptors (Lipinski definition) is 4. The van der Waals surface area contributed by atoms with E-state index in [1.54, 1.807) is 5.38 Å². The third-order valence-electron chi connectivity index (χ3n) is 2.65. The fraction of sp³-hybridized carbons (Fsp3) is 0.167. The summed E-state index contributed by atoms with van der Waals surface area (Å²) in [4.78, 5) is 0.366. The van der Waals surface area contributed by atoms with Crippen LogP contribution in [0.1, 0.15) is 10.4 Å². The lowest BCUT2D eigenvalue weighted by atomic mass is 10.2. The van der Waals surface area contributed by atoms with Crippen LogP contribution in [0.5, 0.6) is 0 Å². The van der Waals surface area contributed by atoms with Gasteiger partial charge in [-0.25, -0.2) is 12.8 Å². The van der Waals surface area contributed by atoms with Gasteiger partial charge < -0.3 is 5.11 Å². The Kier molecular flexibility index (Phi) is 3.88. The van der Waals surface area contributed by atoms with Gasteiger partial charge in [-0.2, -0.15) is 0 Å². The number of sulfonamides is 1. The van der Waals surface area contributed by atoms with Crippen LogP contribution in [0.25, 0.3) is 0 Å². The van der Waals surface area contributed by atoms with Gasteiger partial charge in [-0.3, -0.25) is 4.72 Å². The van der Waals surface area contributed by atoms with E-state index >= 15 is 0 Å². The molecule has 0 bridgehead atoms. The number of thiophene rings is 1. The molecule has 0 radical (unpaired) electrons. The van der Waals surface area contributed by atoms with Crippen LogP contribution in [0, 0.1) is 12.7 Å². The Labute approximate surface area is 114 Å². The molecule has 0 fully saturated rings. The van der Waals surface area contributed by atoms with Crippen molar-refractivity contribution in [1.29, 1.82) is 0 Å². The number of aliphatic hydroxyl groups excluding tert-OH is 1. The molecule has 0 spiro atoms. The van der Waals surface area contributed by atoms with E-state index in [1.807, 2.05) is 0 Å². The summed E-state index contributed by atoms with van der Waals surface area (Å²) in [5.41, 5.74) is 0.418. The van der Waals surface area contributed by atoms with Gasteiger partial charge >= 0.3 is 0 Å². The Hall–Kier alpha value is -1.44. The number of nitrogens with one attached hydrogen (secondary N) is 1. The third kappa shape index (κ3) is 2.78. The first-order chi connectivity index (χ1) is 8.95. The highest BCUT2D eigenvalue weighted by Gasteiger charge is 2.20. The van der Waals surface area contributed by atoms with Crippen molar-refractivity contribution in [3.63, 3.8) is 0 Å². The monoisotopic (exact) mass is 301 g/mol. The van der Waals surface area contributed by atoms with Crippen molar-refractivity contribution >= 4 is 27.0 Å². The van der Waals surface area contributed by atoms with Gasteiger partial charge in [0.25, 0.3) is 10.0 Å². The lowest BCUT2D eigenvalue weighted by Gasteiger charge is -2.10. The Morgan fingerprint density at radius 2 is 2.11 bits per heavy atom. The molecule has 0 amide bonds. The highest BCUT2D eigenvalue weighted by Crippen LogP contribution is 2.26. The summed E-state index contributed by atoms with van der Waals surface area (Å²) < 4.78 is 40.0. The summed E-state index contributed by atoms with van der Waals surface area (Å²) in [6, 6.07) is 5.59. The minimum Gasteiger partial charge on any atom is -0.391 e. The molecular weight excluding hydrogens is 289 g/mol. The maximum atomic E-state index is 13.4. The zero-order valence-electron chi connectivity index (χ0n) is 10.1. The van der Waals surface area contributed by atoms with Crippen molar-refractivity contribution in [1.82, 2.24) is 0 Å². The Balaban J connectivity index is 2.40. The lowest BCUT2D eigenvalue weighted by molar-refractivity contribution is 0.282. The van der Waals surface area contributed by atoms with E-state index in [-0.39, 0.29) is 22.8 Å². The van der Waals surface area contributed by atoms with Gasteiger partial charge in [0.15, 0.2) is 0 Å². The summed E-state index contributed by atoms with van der Waals surface area (Å²) in [5.74, 6) is -0.479. The molecule has 0 saturated carbocycles. The second kappa shape index (κ2) is 5.28. The molecule has 19 heavy (non-hydrogen) atoms. The first-order valence-corrected chi connectivity index (χ1v) is 7.77. The van der Waals surface area contributed by atoms with Crippen LogP contribution >= 0.6 is 11.3 Å². The molecule has 102 valence electrons. The minimum atomic E-state index is -3.82. The molecule has 0 aliphatic heterocycles. The first kappa shape index (κ1) is 14.0. The van der Waals surface area contributed by atoms with Crippen LogP contribution in [0.4, 0.5) is 10.1 Å². The van der Waals surface area contributed by atoms with Crippen LogP contribution in [-0.2, 0) is 16.6 Å². The largest absolute Gasteiger partial charge is 0.391 e. The van der Waals surface area contributed by atoms with Gasteiger partial charge in [0, 0.05) is 5.56 Å². The van der Waals surface area contributed by atoms with Crippen LogP contribution in [-0.4, -0.2) is 13.5 Å². The molecular formula is C12H12FNO3S2. The standard InChI is InChI=1S/C12H12FNO3S2/c1-8-9(13)3-2-4-10(8)14-19(16,17)12-5-6-18-11(12)7-15/h2-6,14-15H,7H2,1H3. The molecule has 1 heterocycles. The number of halogens is 1. The summed E-state index contributed by atoms with van der Waals surface area (Å²) in [6.45, 7) is 1.14. The van der Waals surface area contributed by atoms with Crippen LogP contribution in [0.2, 0.25) is 0 Å². The average Bonchev–Trinajstić information content (AvgIpc) is 2.84. The molecule has 0 unspecified atom stereocenters. The van der Waals surface area contributed by atoms with Gasteiger partial charge in [0.2, 0.25) is 0 Å². The molecule has 2 N–H and O–H groups in total. The molecule has 0 aliphatic rings. The quantitative estimate of drug-likeness (QED) is 0.912. The number of rotatable bonds is 4. The van der Waals surface area contributed by atoms with Crippen LogP contribution in [0.15, 0.2) is 34.5 Å². The van der Waals surface area contributed by atoms with E-state index < -0.39 is 15.8 Å². The van der Waals surface area contributed by atoms with Gasteiger partial charge in [-0.15, -0.1) is 11.3 Å². The number of aliphatic hydroxyl groups is 1. The van der Waals surface area contributed by atoms with Gasteiger partial charge in [0.05, 0.1) is 17.2 Å². The zero-order valence-corrected chi connectivity index (χ0v) is 11.7. The molecule has 4 nitrogen and oxygen atoms in total. The first-order valence-electron chi connectivity index (χ1n) is 5.41. The maximum absolute atomic E-state index is 13.4. The number of benzene rings is 1. The third-order valence-corrected chi connectivity index (χ3v) is 5.13. The molecule has 1 aromatic heterocycles. The van der Waals surface area contributed by atoms with Gasteiger partial charge in [0.1, 0.15) is 10.7 Å². The topological polar surface area (TPSA) is 66.4 Å². The van der Waals surface area contributed by atoms with E-state index in [9.17, 15) is 12.8 Å². The molecule has 0 saturated heterocycles. The minimum absolute atomic E-state index is 0.0173. The second-order valence-electron chi connectivity index (χ2n) is 3.88. The SMILES string of the molecule is Cc1c(F)cccc1NS(=O)(=O)c1ccsc1CO. The van der Waals surface area contributed by atoms with E-state index in [1.165, 1.54) is 31.2 Å². The predicted octanol–water partition coefficient (Wildman–Crippen LogP) is 2.49. The summed E-state index contributed by atoms with van der Waals surface area (Å²) in [5, 5.41) is 10.7. The zero-order chi connectivity index (χ0) is 14.0. The molecule has 7 heteroatoms.